The van der Waals surface area contributed by atoms with Crippen molar-refractivity contribution in [3.63, 3.8) is 0 Å². The highest BCUT2D eigenvalue weighted by molar-refractivity contribution is 6.30. The summed E-state index contributed by atoms with van der Waals surface area (Å²) in [5.41, 5.74) is 1.65. The highest BCUT2D eigenvalue weighted by Crippen LogP contribution is 2.31. The number of hydrogen-bond donors (Lipinski definition) is 2. The summed E-state index contributed by atoms with van der Waals surface area (Å²) in [4.78, 5) is 49.4. The topological polar surface area (TPSA) is 98.4 Å². The minimum Gasteiger partial charge on any atom is -0.349 e. The number of aromatic amines is 1. The SMILES string of the molecule is O=C(N[C@@H](Cc1ccc(F)cc1)C(=O)N1CCN(C(=O)C2CC2)CC1)c1cc2cc(Cl)ncc2[nH]1. The van der Waals surface area contributed by atoms with E-state index < -0.39 is 11.9 Å². The molecule has 1 aliphatic heterocycles. The highest BCUT2D eigenvalue weighted by Gasteiger charge is 2.36. The zero-order valence-electron chi connectivity index (χ0n) is 19.0. The van der Waals surface area contributed by atoms with E-state index in [-0.39, 0.29) is 35.7 Å². The summed E-state index contributed by atoms with van der Waals surface area (Å²) in [5.74, 6) is -0.740. The van der Waals surface area contributed by atoms with Gasteiger partial charge in [0.1, 0.15) is 22.7 Å². The molecule has 2 aromatic heterocycles. The van der Waals surface area contributed by atoms with Crippen molar-refractivity contribution >= 4 is 40.2 Å². The van der Waals surface area contributed by atoms with Gasteiger partial charge in [-0.25, -0.2) is 9.37 Å². The van der Waals surface area contributed by atoms with Crippen molar-refractivity contribution < 1.29 is 18.8 Å². The average molecular weight is 498 g/mol. The number of pyridine rings is 1. The first-order valence-corrected chi connectivity index (χ1v) is 12.0. The van der Waals surface area contributed by atoms with Crippen molar-refractivity contribution in [2.45, 2.75) is 25.3 Å². The van der Waals surface area contributed by atoms with Crippen LogP contribution in [0.15, 0.2) is 42.6 Å². The van der Waals surface area contributed by atoms with Crippen molar-refractivity contribution in [2.75, 3.05) is 26.2 Å². The number of nitrogens with one attached hydrogen (secondary N) is 2. The van der Waals surface area contributed by atoms with Crippen molar-refractivity contribution in [1.82, 2.24) is 25.1 Å². The number of benzene rings is 1. The molecule has 1 atom stereocenters. The minimum atomic E-state index is -0.855. The van der Waals surface area contributed by atoms with Crippen LogP contribution in [-0.2, 0) is 16.0 Å². The van der Waals surface area contributed by atoms with Gasteiger partial charge in [0.2, 0.25) is 11.8 Å². The second-order valence-electron chi connectivity index (χ2n) is 9.06. The molecular weight excluding hydrogens is 473 g/mol. The second-order valence-corrected chi connectivity index (χ2v) is 9.45. The Balaban J connectivity index is 1.31. The maximum Gasteiger partial charge on any atom is 0.268 e. The maximum atomic E-state index is 13.5. The fraction of sp³-hybridized carbons (Fsp3) is 0.360. The van der Waals surface area contributed by atoms with Crippen LogP contribution in [0.4, 0.5) is 4.39 Å². The van der Waals surface area contributed by atoms with E-state index in [0.717, 1.165) is 23.8 Å². The van der Waals surface area contributed by atoms with Crippen LogP contribution < -0.4 is 5.32 Å². The lowest BCUT2D eigenvalue weighted by Crippen LogP contribution is -2.56. The molecular formula is C25H25ClFN5O3. The van der Waals surface area contributed by atoms with Gasteiger partial charge in [0, 0.05) is 43.9 Å². The van der Waals surface area contributed by atoms with E-state index in [1.54, 1.807) is 29.2 Å². The standard InChI is InChI=1S/C25H25ClFN5O3/c26-22-13-17-12-19(29-21(17)14-28-22)23(33)30-20(11-15-1-5-18(27)6-2-15)25(35)32-9-7-31(8-10-32)24(34)16-3-4-16/h1-2,5-6,12-14,16,20,29H,3-4,7-11H2,(H,30,33)/t20-/m0/s1. The summed E-state index contributed by atoms with van der Waals surface area (Å²) in [6.45, 7) is 1.77. The van der Waals surface area contributed by atoms with Gasteiger partial charge in [0.25, 0.3) is 5.91 Å². The molecule has 1 aliphatic carbocycles. The number of H-pyrrole nitrogens is 1. The van der Waals surface area contributed by atoms with Gasteiger partial charge in [-0.2, -0.15) is 0 Å². The van der Waals surface area contributed by atoms with Gasteiger partial charge in [0.05, 0.1) is 11.7 Å². The van der Waals surface area contributed by atoms with Crippen LogP contribution in [0.1, 0.15) is 28.9 Å². The summed E-state index contributed by atoms with van der Waals surface area (Å²) < 4.78 is 13.4. The monoisotopic (exact) mass is 497 g/mol. The Labute approximate surface area is 206 Å². The summed E-state index contributed by atoms with van der Waals surface area (Å²) >= 11 is 5.94. The van der Waals surface area contributed by atoms with Crippen molar-refractivity contribution in [1.29, 1.82) is 0 Å². The second kappa shape index (κ2) is 9.65. The minimum absolute atomic E-state index is 0.143. The summed E-state index contributed by atoms with van der Waals surface area (Å²) in [7, 11) is 0. The van der Waals surface area contributed by atoms with E-state index >= 15 is 0 Å². The first-order chi connectivity index (χ1) is 16.9. The number of piperazine rings is 1. The maximum absolute atomic E-state index is 13.5. The first-order valence-electron chi connectivity index (χ1n) is 11.6. The van der Waals surface area contributed by atoms with Gasteiger partial charge < -0.3 is 20.1 Å². The van der Waals surface area contributed by atoms with Crippen LogP contribution in [0.2, 0.25) is 5.15 Å². The zero-order chi connectivity index (χ0) is 24.5. The fourth-order valence-corrected chi connectivity index (χ4v) is 4.54. The van der Waals surface area contributed by atoms with Gasteiger partial charge in [-0.1, -0.05) is 23.7 Å². The number of amides is 3. The third kappa shape index (κ3) is 5.30. The number of rotatable bonds is 6. The molecule has 5 rings (SSSR count). The van der Waals surface area contributed by atoms with E-state index in [1.807, 2.05) is 4.90 Å². The Morgan fingerprint density at radius 3 is 2.46 bits per heavy atom. The Morgan fingerprint density at radius 1 is 1.09 bits per heavy atom. The molecule has 2 aliphatic rings. The molecule has 3 aromatic rings. The zero-order valence-corrected chi connectivity index (χ0v) is 19.7. The molecule has 1 saturated heterocycles. The van der Waals surface area contributed by atoms with Gasteiger partial charge in [0.15, 0.2) is 0 Å². The van der Waals surface area contributed by atoms with E-state index in [4.69, 9.17) is 11.6 Å². The van der Waals surface area contributed by atoms with Crippen LogP contribution in [0, 0.1) is 11.7 Å². The molecule has 2 N–H and O–H groups in total. The highest BCUT2D eigenvalue weighted by atomic mass is 35.5. The van der Waals surface area contributed by atoms with Crippen LogP contribution in [0.25, 0.3) is 10.9 Å². The normalized spacial score (nSPS) is 16.9. The van der Waals surface area contributed by atoms with Gasteiger partial charge in [-0.15, -0.1) is 0 Å². The molecule has 1 aromatic carbocycles. The number of carbonyl (C=O) groups excluding carboxylic acids is 3. The molecule has 0 radical (unpaired) electrons. The van der Waals surface area contributed by atoms with Crippen LogP contribution in [0.3, 0.4) is 0 Å². The predicted octanol–water partition coefficient (Wildman–Crippen LogP) is 2.78. The Morgan fingerprint density at radius 2 is 1.77 bits per heavy atom. The molecule has 0 spiro atoms. The smallest absolute Gasteiger partial charge is 0.268 e. The summed E-state index contributed by atoms with van der Waals surface area (Å²) in [5, 5.41) is 3.88. The molecule has 10 heteroatoms. The molecule has 3 amide bonds. The number of hydrogen-bond acceptors (Lipinski definition) is 4. The molecule has 182 valence electrons. The molecule has 35 heavy (non-hydrogen) atoms. The number of fused-ring (bicyclic) bond motifs is 1. The third-order valence-electron chi connectivity index (χ3n) is 6.50. The lowest BCUT2D eigenvalue weighted by Gasteiger charge is -2.36. The van der Waals surface area contributed by atoms with E-state index in [0.29, 0.717) is 36.8 Å². The number of carbonyl (C=O) groups is 3. The van der Waals surface area contributed by atoms with Gasteiger partial charge in [-0.05, 0) is 42.7 Å². The van der Waals surface area contributed by atoms with Crippen molar-refractivity contribution in [2.24, 2.45) is 5.92 Å². The average Bonchev–Trinajstić information content (AvgIpc) is 3.63. The van der Waals surface area contributed by atoms with E-state index in [9.17, 15) is 18.8 Å². The van der Waals surface area contributed by atoms with Crippen molar-refractivity contribution in [3.8, 4) is 0 Å². The van der Waals surface area contributed by atoms with E-state index in [1.165, 1.54) is 18.3 Å². The largest absolute Gasteiger partial charge is 0.349 e. The Hall–Kier alpha value is -3.46. The molecule has 0 bridgehead atoms. The number of halogens is 2. The molecule has 3 heterocycles. The lowest BCUT2D eigenvalue weighted by atomic mass is 10.0. The first kappa shape index (κ1) is 23.3. The fourth-order valence-electron chi connectivity index (χ4n) is 4.38. The third-order valence-corrected chi connectivity index (χ3v) is 6.71. The molecule has 2 fully saturated rings. The molecule has 0 unspecified atom stereocenters. The van der Waals surface area contributed by atoms with Gasteiger partial charge in [-0.3, -0.25) is 14.4 Å². The molecule has 1 saturated carbocycles. The summed E-state index contributed by atoms with van der Waals surface area (Å²) in [6, 6.07) is 8.31. The number of nitrogens with zero attached hydrogens (tertiary/aromatic N) is 3. The van der Waals surface area contributed by atoms with Crippen LogP contribution >= 0.6 is 11.6 Å². The Kier molecular flexibility index (Phi) is 6.42. The number of aromatic nitrogens is 2. The van der Waals surface area contributed by atoms with Crippen LogP contribution in [-0.4, -0.2) is 69.7 Å². The lowest BCUT2D eigenvalue weighted by molar-refractivity contribution is -0.141. The van der Waals surface area contributed by atoms with Crippen molar-refractivity contribution in [3.05, 3.63) is 64.8 Å². The summed E-state index contributed by atoms with van der Waals surface area (Å²) in [6.07, 6.45) is 3.64. The quantitative estimate of drug-likeness (QED) is 0.512. The van der Waals surface area contributed by atoms with E-state index in [2.05, 4.69) is 15.3 Å². The molecule has 8 nitrogen and oxygen atoms in total. The Bertz CT molecular complexity index is 1270. The predicted molar refractivity (Wildman–Crippen MR) is 128 cm³/mol. The van der Waals surface area contributed by atoms with Crippen LogP contribution in [0.5, 0.6) is 0 Å². The van der Waals surface area contributed by atoms with Gasteiger partial charge >= 0.3 is 0 Å².